The van der Waals surface area contributed by atoms with E-state index in [0.717, 1.165) is 17.0 Å². The van der Waals surface area contributed by atoms with Gasteiger partial charge in [-0.05, 0) is 42.8 Å². The number of allylic oxidation sites excluding steroid dienone is 2. The minimum absolute atomic E-state index is 0.0805. The van der Waals surface area contributed by atoms with Crippen LogP contribution in [0.2, 0.25) is 0 Å². The highest BCUT2D eigenvalue weighted by atomic mass is 19.4. The van der Waals surface area contributed by atoms with Crippen LogP contribution in [0.15, 0.2) is 59.8 Å². The number of amides is 2. The Labute approximate surface area is 188 Å². The fourth-order valence-corrected chi connectivity index (χ4v) is 3.90. The Morgan fingerprint density at radius 2 is 1.70 bits per heavy atom. The highest BCUT2D eigenvalue weighted by Crippen LogP contribution is 2.43. The maximum Gasteiger partial charge on any atom is 0.416 e. The van der Waals surface area contributed by atoms with Crippen LogP contribution in [0.25, 0.3) is 0 Å². The molecule has 0 saturated carbocycles. The van der Waals surface area contributed by atoms with Gasteiger partial charge in [-0.25, -0.2) is 0 Å². The minimum atomic E-state index is -4.63. The number of nitrogens with zero attached hydrogens (tertiary/aromatic N) is 4. The fourth-order valence-electron chi connectivity index (χ4n) is 3.90. The molecule has 0 aromatic heterocycles. The first-order valence-electron chi connectivity index (χ1n) is 9.84. The van der Waals surface area contributed by atoms with Crippen molar-refractivity contribution in [2.24, 2.45) is 5.92 Å². The van der Waals surface area contributed by atoms with Crippen molar-refractivity contribution in [1.29, 1.82) is 10.5 Å². The number of halogens is 3. The lowest BCUT2D eigenvalue weighted by Crippen LogP contribution is -2.49. The maximum atomic E-state index is 13.6. The van der Waals surface area contributed by atoms with Gasteiger partial charge in [-0.3, -0.25) is 14.5 Å². The molecule has 0 fully saturated rings. The number of benzene rings is 2. The van der Waals surface area contributed by atoms with Gasteiger partial charge in [0.15, 0.2) is 0 Å². The van der Waals surface area contributed by atoms with E-state index in [1.54, 1.807) is 12.1 Å². The van der Waals surface area contributed by atoms with Crippen molar-refractivity contribution >= 4 is 17.5 Å². The predicted molar refractivity (Wildman–Crippen MR) is 113 cm³/mol. The maximum absolute atomic E-state index is 13.6. The lowest BCUT2D eigenvalue weighted by atomic mass is 9.75. The van der Waals surface area contributed by atoms with Crippen molar-refractivity contribution in [1.82, 2.24) is 4.90 Å². The van der Waals surface area contributed by atoms with E-state index in [9.17, 15) is 28.0 Å². The first kappa shape index (κ1) is 23.6. The van der Waals surface area contributed by atoms with Gasteiger partial charge in [0, 0.05) is 31.4 Å². The molecule has 2 unspecified atom stereocenters. The number of carbonyl (C=O) groups is 2. The third-order valence-corrected chi connectivity index (χ3v) is 5.51. The van der Waals surface area contributed by atoms with Crippen molar-refractivity contribution in [3.05, 3.63) is 76.5 Å². The zero-order valence-corrected chi connectivity index (χ0v) is 18.0. The SMILES string of the molecule is CC1=C(C#N)C(c2ccc(C#N)cc2)C(C(=O)N(C)C)C(=O)N1c1cccc(C(F)(F)F)c1. The van der Waals surface area contributed by atoms with E-state index < -0.39 is 35.4 Å². The van der Waals surface area contributed by atoms with E-state index in [2.05, 4.69) is 0 Å². The fraction of sp³-hybridized carbons (Fsp3) is 0.250. The molecule has 0 spiro atoms. The van der Waals surface area contributed by atoms with Gasteiger partial charge < -0.3 is 4.90 Å². The standard InChI is InChI=1S/C24H19F3N4O2/c1-14-19(13-29)20(16-9-7-15(12-28)8-10-16)21(22(32)30(2)3)23(33)31(14)18-6-4-5-17(11-18)24(25,26)27/h4-11,20-21H,1-3H3. The van der Waals surface area contributed by atoms with Crippen LogP contribution in [0.3, 0.4) is 0 Å². The van der Waals surface area contributed by atoms with Gasteiger partial charge in [0.25, 0.3) is 0 Å². The lowest BCUT2D eigenvalue weighted by molar-refractivity contribution is -0.140. The number of rotatable bonds is 3. The topological polar surface area (TPSA) is 88.2 Å². The van der Waals surface area contributed by atoms with Crippen molar-refractivity contribution in [3.8, 4) is 12.1 Å². The van der Waals surface area contributed by atoms with Crippen LogP contribution in [-0.4, -0.2) is 30.8 Å². The van der Waals surface area contributed by atoms with Gasteiger partial charge in [0.1, 0.15) is 5.92 Å². The number of hydrogen-bond acceptors (Lipinski definition) is 4. The molecule has 3 rings (SSSR count). The Hall–Kier alpha value is -4.11. The molecule has 0 radical (unpaired) electrons. The van der Waals surface area contributed by atoms with E-state index in [1.165, 1.54) is 50.2 Å². The molecule has 1 aliphatic heterocycles. The molecule has 33 heavy (non-hydrogen) atoms. The summed E-state index contributed by atoms with van der Waals surface area (Å²) in [6.07, 6.45) is -4.63. The molecular weight excluding hydrogens is 433 g/mol. The molecule has 1 aliphatic rings. The zero-order valence-electron chi connectivity index (χ0n) is 18.0. The number of alkyl halides is 3. The van der Waals surface area contributed by atoms with Crippen LogP contribution in [0.4, 0.5) is 18.9 Å². The molecular formula is C24H19F3N4O2. The molecule has 0 bridgehead atoms. The third kappa shape index (κ3) is 4.31. The Bertz CT molecular complexity index is 1220. The van der Waals surface area contributed by atoms with Gasteiger partial charge in [0.05, 0.1) is 28.8 Å². The molecule has 6 nitrogen and oxygen atoms in total. The highest BCUT2D eigenvalue weighted by Gasteiger charge is 2.47. The monoisotopic (exact) mass is 452 g/mol. The second kappa shape index (κ2) is 8.79. The summed E-state index contributed by atoms with van der Waals surface area (Å²) >= 11 is 0. The van der Waals surface area contributed by atoms with Gasteiger partial charge in [-0.2, -0.15) is 23.7 Å². The van der Waals surface area contributed by atoms with E-state index in [4.69, 9.17) is 5.26 Å². The summed E-state index contributed by atoms with van der Waals surface area (Å²) < 4.78 is 39.8. The summed E-state index contributed by atoms with van der Waals surface area (Å²) in [4.78, 5) is 28.9. The molecule has 0 aliphatic carbocycles. The molecule has 2 amide bonds. The van der Waals surface area contributed by atoms with Crippen LogP contribution in [0.1, 0.15) is 29.5 Å². The van der Waals surface area contributed by atoms with Gasteiger partial charge >= 0.3 is 6.18 Å². The number of carbonyl (C=O) groups excluding carboxylic acids is 2. The largest absolute Gasteiger partial charge is 0.416 e. The average molecular weight is 452 g/mol. The first-order chi connectivity index (χ1) is 15.5. The molecule has 2 aromatic carbocycles. The lowest BCUT2D eigenvalue weighted by Gasteiger charge is -2.38. The summed E-state index contributed by atoms with van der Waals surface area (Å²) in [6, 6.07) is 14.4. The molecule has 2 atom stereocenters. The van der Waals surface area contributed by atoms with Crippen molar-refractivity contribution in [3.63, 3.8) is 0 Å². The average Bonchev–Trinajstić information content (AvgIpc) is 2.78. The second-order valence-corrected chi connectivity index (χ2v) is 7.75. The summed E-state index contributed by atoms with van der Waals surface area (Å²) in [5, 5.41) is 19.0. The summed E-state index contributed by atoms with van der Waals surface area (Å²) in [7, 11) is 2.91. The molecule has 2 aromatic rings. The third-order valence-electron chi connectivity index (χ3n) is 5.51. The van der Waals surface area contributed by atoms with E-state index in [0.29, 0.717) is 11.1 Å². The quantitative estimate of drug-likeness (QED) is 0.653. The highest BCUT2D eigenvalue weighted by molar-refractivity contribution is 6.12. The van der Waals surface area contributed by atoms with Crippen LogP contribution >= 0.6 is 0 Å². The normalized spacial score (nSPS) is 18.5. The van der Waals surface area contributed by atoms with Crippen LogP contribution in [-0.2, 0) is 15.8 Å². The molecule has 1 heterocycles. The van der Waals surface area contributed by atoms with Crippen molar-refractivity contribution in [2.75, 3.05) is 19.0 Å². The Morgan fingerprint density at radius 3 is 2.21 bits per heavy atom. The number of nitriles is 2. The van der Waals surface area contributed by atoms with Crippen molar-refractivity contribution in [2.45, 2.75) is 19.0 Å². The second-order valence-electron chi connectivity index (χ2n) is 7.75. The first-order valence-corrected chi connectivity index (χ1v) is 9.84. The summed E-state index contributed by atoms with van der Waals surface area (Å²) in [5.41, 5.74) is 0.0120. The number of hydrogen-bond donors (Lipinski definition) is 0. The van der Waals surface area contributed by atoms with Crippen LogP contribution < -0.4 is 4.90 Å². The summed E-state index contributed by atoms with van der Waals surface area (Å²) in [6.45, 7) is 1.46. The minimum Gasteiger partial charge on any atom is -0.348 e. The van der Waals surface area contributed by atoms with E-state index in [1.807, 2.05) is 12.1 Å². The van der Waals surface area contributed by atoms with Gasteiger partial charge in [0.2, 0.25) is 11.8 Å². The predicted octanol–water partition coefficient (Wildman–Crippen LogP) is 4.21. The van der Waals surface area contributed by atoms with Crippen LogP contribution in [0.5, 0.6) is 0 Å². The smallest absolute Gasteiger partial charge is 0.348 e. The molecule has 0 N–H and O–H groups in total. The molecule has 0 saturated heterocycles. The van der Waals surface area contributed by atoms with Crippen LogP contribution in [0, 0.1) is 28.6 Å². The zero-order chi connectivity index (χ0) is 24.5. The Morgan fingerprint density at radius 1 is 1.06 bits per heavy atom. The molecule has 9 heteroatoms. The van der Waals surface area contributed by atoms with Crippen molar-refractivity contribution < 1.29 is 22.8 Å². The Balaban J connectivity index is 2.25. The van der Waals surface area contributed by atoms with E-state index in [-0.39, 0.29) is 17.0 Å². The number of anilines is 1. The Kier molecular flexibility index (Phi) is 6.28. The van der Waals surface area contributed by atoms with E-state index >= 15 is 0 Å². The summed E-state index contributed by atoms with van der Waals surface area (Å²) in [5.74, 6) is -3.65. The van der Waals surface area contributed by atoms with Gasteiger partial charge in [-0.1, -0.05) is 18.2 Å². The van der Waals surface area contributed by atoms with Gasteiger partial charge in [-0.15, -0.1) is 0 Å². The molecule has 168 valence electrons.